The number of carbonyl (C=O) groups excluding carboxylic acids is 1. The van der Waals surface area contributed by atoms with Gasteiger partial charge in [-0.1, -0.05) is 13.0 Å². The number of rotatable bonds is 11. The van der Waals surface area contributed by atoms with Crippen molar-refractivity contribution in [2.24, 2.45) is 0 Å². The van der Waals surface area contributed by atoms with Gasteiger partial charge in [-0.2, -0.15) is 8.78 Å². The van der Waals surface area contributed by atoms with Crippen LogP contribution in [0.1, 0.15) is 52.5 Å². The Balaban J connectivity index is 2.07. The fraction of sp³-hybridized carbons (Fsp3) is 0.650. The largest absolute Gasteiger partial charge is 0.490 e. The SMILES string of the molecule is CCOc1cc(CN(CC(=O)NC(C)(C)CC)C2CC2)ccc1OC(F)F. The molecule has 1 fully saturated rings. The molecule has 1 amide bonds. The lowest BCUT2D eigenvalue weighted by atomic mass is 10.0. The van der Waals surface area contributed by atoms with Gasteiger partial charge in [0.05, 0.1) is 13.2 Å². The molecule has 0 aromatic heterocycles. The van der Waals surface area contributed by atoms with E-state index in [9.17, 15) is 13.6 Å². The molecule has 0 heterocycles. The highest BCUT2D eigenvalue weighted by Gasteiger charge is 2.31. The highest BCUT2D eigenvalue weighted by molar-refractivity contribution is 5.78. The van der Waals surface area contributed by atoms with E-state index in [-0.39, 0.29) is 17.2 Å². The number of alkyl halides is 2. The van der Waals surface area contributed by atoms with Gasteiger partial charge in [0.1, 0.15) is 0 Å². The van der Waals surface area contributed by atoms with Gasteiger partial charge in [0, 0.05) is 18.1 Å². The molecule has 1 aliphatic rings. The molecule has 0 unspecified atom stereocenters. The van der Waals surface area contributed by atoms with E-state index < -0.39 is 6.61 Å². The lowest BCUT2D eigenvalue weighted by Gasteiger charge is -2.28. The Kier molecular flexibility index (Phi) is 7.41. The zero-order valence-electron chi connectivity index (χ0n) is 16.6. The van der Waals surface area contributed by atoms with Gasteiger partial charge in [0.15, 0.2) is 11.5 Å². The maximum Gasteiger partial charge on any atom is 0.387 e. The van der Waals surface area contributed by atoms with Crippen molar-refractivity contribution >= 4 is 5.91 Å². The van der Waals surface area contributed by atoms with E-state index in [0.29, 0.717) is 31.5 Å². The minimum Gasteiger partial charge on any atom is -0.490 e. The Labute approximate surface area is 160 Å². The highest BCUT2D eigenvalue weighted by atomic mass is 19.3. The lowest BCUT2D eigenvalue weighted by molar-refractivity contribution is -0.124. The second-order valence-electron chi connectivity index (χ2n) is 7.51. The van der Waals surface area contributed by atoms with E-state index >= 15 is 0 Å². The van der Waals surface area contributed by atoms with Crippen molar-refractivity contribution in [3.05, 3.63) is 23.8 Å². The van der Waals surface area contributed by atoms with Crippen LogP contribution in [-0.2, 0) is 11.3 Å². The number of benzene rings is 1. The number of hydrogen-bond donors (Lipinski definition) is 1. The van der Waals surface area contributed by atoms with Crippen LogP contribution in [0, 0.1) is 0 Å². The minimum absolute atomic E-state index is 0.00330. The number of nitrogens with one attached hydrogen (secondary N) is 1. The van der Waals surface area contributed by atoms with Crippen LogP contribution in [0.25, 0.3) is 0 Å². The first-order chi connectivity index (χ1) is 12.7. The monoisotopic (exact) mass is 384 g/mol. The van der Waals surface area contributed by atoms with E-state index in [1.54, 1.807) is 19.1 Å². The first-order valence-corrected chi connectivity index (χ1v) is 9.49. The van der Waals surface area contributed by atoms with Crippen LogP contribution in [0.3, 0.4) is 0 Å². The molecular weight excluding hydrogens is 354 g/mol. The predicted octanol–water partition coefficient (Wildman–Crippen LogP) is 3.96. The van der Waals surface area contributed by atoms with Crippen LogP contribution in [-0.4, -0.2) is 42.2 Å². The number of hydrogen-bond acceptors (Lipinski definition) is 4. The summed E-state index contributed by atoms with van der Waals surface area (Å²) in [6, 6.07) is 5.33. The molecule has 1 saturated carbocycles. The summed E-state index contributed by atoms with van der Waals surface area (Å²) in [5.41, 5.74) is 0.664. The zero-order valence-corrected chi connectivity index (χ0v) is 16.6. The summed E-state index contributed by atoms with van der Waals surface area (Å²) < 4.78 is 35.0. The smallest absolute Gasteiger partial charge is 0.387 e. The summed E-state index contributed by atoms with van der Waals surface area (Å²) in [7, 11) is 0. The molecule has 1 N–H and O–H groups in total. The Bertz CT molecular complexity index is 634. The zero-order chi connectivity index (χ0) is 20.0. The summed E-state index contributed by atoms with van der Waals surface area (Å²) in [5, 5.41) is 3.06. The van der Waals surface area contributed by atoms with Gasteiger partial charge in [-0.05, 0) is 57.7 Å². The molecule has 0 bridgehead atoms. The van der Waals surface area contributed by atoms with Gasteiger partial charge >= 0.3 is 6.61 Å². The maximum absolute atomic E-state index is 12.5. The molecule has 1 aromatic carbocycles. The average Bonchev–Trinajstić information content (AvgIpc) is 3.41. The molecule has 0 atom stereocenters. The van der Waals surface area contributed by atoms with Crippen molar-refractivity contribution < 1.29 is 23.0 Å². The van der Waals surface area contributed by atoms with Crippen LogP contribution in [0.5, 0.6) is 11.5 Å². The van der Waals surface area contributed by atoms with Crippen LogP contribution in [0.15, 0.2) is 18.2 Å². The Hall–Kier alpha value is -1.89. The summed E-state index contributed by atoms with van der Waals surface area (Å²) in [5.74, 6) is 0.315. The molecule has 152 valence electrons. The molecule has 27 heavy (non-hydrogen) atoms. The van der Waals surface area contributed by atoms with Crippen molar-refractivity contribution in [1.82, 2.24) is 10.2 Å². The molecule has 7 heteroatoms. The fourth-order valence-electron chi connectivity index (χ4n) is 2.79. The molecule has 0 aliphatic heterocycles. The first kappa shape index (κ1) is 21.4. The fourth-order valence-corrected chi connectivity index (χ4v) is 2.79. The normalized spacial score (nSPS) is 14.5. The van der Waals surface area contributed by atoms with Crippen LogP contribution >= 0.6 is 0 Å². The highest BCUT2D eigenvalue weighted by Crippen LogP contribution is 2.32. The van der Waals surface area contributed by atoms with Crippen molar-refractivity contribution in [3.8, 4) is 11.5 Å². The lowest BCUT2D eigenvalue weighted by Crippen LogP contribution is -2.47. The van der Waals surface area contributed by atoms with Crippen molar-refractivity contribution in [3.63, 3.8) is 0 Å². The van der Waals surface area contributed by atoms with Gasteiger partial charge in [-0.3, -0.25) is 9.69 Å². The second kappa shape index (κ2) is 9.35. The van der Waals surface area contributed by atoms with Gasteiger partial charge in [-0.25, -0.2) is 0 Å². The average molecular weight is 384 g/mol. The van der Waals surface area contributed by atoms with E-state index in [2.05, 4.69) is 15.0 Å². The molecule has 0 saturated heterocycles. The van der Waals surface area contributed by atoms with Gasteiger partial charge in [0.25, 0.3) is 0 Å². The second-order valence-corrected chi connectivity index (χ2v) is 7.51. The van der Waals surface area contributed by atoms with Crippen molar-refractivity contribution in [2.45, 2.75) is 71.7 Å². The van der Waals surface area contributed by atoms with Gasteiger partial charge in [0.2, 0.25) is 5.91 Å². The Morgan fingerprint density at radius 1 is 1.30 bits per heavy atom. The van der Waals surface area contributed by atoms with Crippen LogP contribution < -0.4 is 14.8 Å². The number of amides is 1. The van der Waals surface area contributed by atoms with Gasteiger partial charge in [-0.15, -0.1) is 0 Å². The van der Waals surface area contributed by atoms with E-state index in [1.165, 1.54) is 6.07 Å². The summed E-state index contributed by atoms with van der Waals surface area (Å²) in [6.07, 6.45) is 2.98. The Morgan fingerprint density at radius 2 is 2.00 bits per heavy atom. The molecule has 2 rings (SSSR count). The minimum atomic E-state index is -2.90. The van der Waals surface area contributed by atoms with E-state index in [4.69, 9.17) is 4.74 Å². The molecule has 0 spiro atoms. The quantitative estimate of drug-likeness (QED) is 0.628. The standard InChI is InChI=1S/C20H30F2N2O3/c1-5-20(3,4)23-18(25)13-24(15-8-9-15)12-14-7-10-16(27-19(21)22)17(11-14)26-6-2/h7,10-11,15,19H,5-6,8-9,12-13H2,1-4H3,(H,23,25). The first-order valence-electron chi connectivity index (χ1n) is 9.49. The molecule has 1 aliphatic carbocycles. The molecular formula is C20H30F2N2O3. The van der Waals surface area contributed by atoms with Crippen molar-refractivity contribution in [1.29, 1.82) is 0 Å². The number of ether oxygens (including phenoxy) is 2. The summed E-state index contributed by atoms with van der Waals surface area (Å²) in [4.78, 5) is 14.5. The third-order valence-electron chi connectivity index (χ3n) is 4.68. The Morgan fingerprint density at radius 3 is 2.56 bits per heavy atom. The van der Waals surface area contributed by atoms with Crippen LogP contribution in [0.2, 0.25) is 0 Å². The predicted molar refractivity (Wildman–Crippen MR) is 100 cm³/mol. The third-order valence-corrected chi connectivity index (χ3v) is 4.68. The van der Waals surface area contributed by atoms with E-state index in [1.807, 2.05) is 20.8 Å². The van der Waals surface area contributed by atoms with Crippen molar-refractivity contribution in [2.75, 3.05) is 13.2 Å². The molecule has 1 aromatic rings. The third kappa shape index (κ3) is 6.97. The van der Waals surface area contributed by atoms with E-state index in [0.717, 1.165) is 24.8 Å². The summed E-state index contributed by atoms with van der Waals surface area (Å²) in [6.45, 7) is 6.15. The molecule has 0 radical (unpaired) electrons. The number of halogens is 2. The molecule has 5 nitrogen and oxygen atoms in total. The topological polar surface area (TPSA) is 50.8 Å². The number of nitrogens with zero attached hydrogens (tertiary/aromatic N) is 1. The number of carbonyl (C=O) groups is 1. The maximum atomic E-state index is 12.5. The van der Waals surface area contributed by atoms with Gasteiger partial charge < -0.3 is 14.8 Å². The van der Waals surface area contributed by atoms with Crippen LogP contribution in [0.4, 0.5) is 8.78 Å². The summed E-state index contributed by atoms with van der Waals surface area (Å²) >= 11 is 0.